The Kier molecular flexibility index (Phi) is 10.4. The first kappa shape index (κ1) is 25.2. The normalized spacial score (nSPS) is 12.9. The van der Waals surface area contributed by atoms with Gasteiger partial charge in [-0.15, -0.1) is 0 Å². The highest BCUT2D eigenvalue weighted by Gasteiger charge is 2.24. The third kappa shape index (κ3) is 7.55. The van der Waals surface area contributed by atoms with Gasteiger partial charge in [0, 0.05) is 5.56 Å². The molecule has 0 saturated carbocycles. The van der Waals surface area contributed by atoms with Crippen LogP contribution in [0.15, 0.2) is 17.3 Å². The second-order valence-corrected chi connectivity index (χ2v) is 10.2. The van der Waals surface area contributed by atoms with Gasteiger partial charge in [0.1, 0.15) is 0 Å². The van der Waals surface area contributed by atoms with E-state index >= 15 is 0 Å². The van der Waals surface area contributed by atoms with Crippen molar-refractivity contribution in [3.63, 3.8) is 0 Å². The maximum Gasteiger partial charge on any atom is 0.265 e. The zero-order chi connectivity index (χ0) is 22.7. The largest absolute Gasteiger partial charge is 0.505 e. The molecule has 0 aliphatic heterocycles. The molecule has 1 unspecified atom stereocenters. The highest BCUT2D eigenvalue weighted by atomic mass is 32.2. The molecule has 0 bridgehead atoms. The Morgan fingerprint density at radius 3 is 2.39 bits per heavy atom. The number of hydrogen-bond acceptors (Lipinski definition) is 6. The molecule has 0 spiro atoms. The molecule has 0 saturated heterocycles. The number of hydrogen-bond donors (Lipinski definition) is 2. The van der Waals surface area contributed by atoms with E-state index in [-0.39, 0.29) is 22.6 Å². The van der Waals surface area contributed by atoms with Crippen LogP contribution >= 0.6 is 0 Å². The Morgan fingerprint density at radius 2 is 1.74 bits per heavy atom. The molecule has 0 aliphatic carbocycles. The van der Waals surface area contributed by atoms with Crippen molar-refractivity contribution in [2.45, 2.75) is 95.6 Å². The summed E-state index contributed by atoms with van der Waals surface area (Å²) in [6, 6.07) is 2.98. The molecular formula is C22H35FN4O3S. The van der Waals surface area contributed by atoms with Gasteiger partial charge in [-0.1, -0.05) is 70.0 Å². The fraction of sp³-hybridized carbons (Fsp3) is 0.682. The lowest BCUT2D eigenvalue weighted by Gasteiger charge is -2.21. The van der Waals surface area contributed by atoms with Gasteiger partial charge in [0.05, 0.1) is 5.75 Å². The maximum absolute atomic E-state index is 14.1. The van der Waals surface area contributed by atoms with Crippen LogP contribution in [0.1, 0.15) is 95.1 Å². The predicted octanol–water partition coefficient (Wildman–Crippen LogP) is 5.09. The van der Waals surface area contributed by atoms with Crippen molar-refractivity contribution < 1.29 is 17.9 Å². The van der Waals surface area contributed by atoms with Crippen LogP contribution in [0.5, 0.6) is 5.75 Å². The average Bonchev–Trinajstić information content (AvgIpc) is 3.30. The molecule has 7 nitrogen and oxygen atoms in total. The van der Waals surface area contributed by atoms with Gasteiger partial charge >= 0.3 is 0 Å². The third-order valence-electron chi connectivity index (χ3n) is 5.73. The highest BCUT2D eigenvalue weighted by Crippen LogP contribution is 2.35. The molecule has 1 aromatic heterocycles. The number of rotatable bonds is 15. The van der Waals surface area contributed by atoms with Gasteiger partial charge in [0.15, 0.2) is 11.6 Å². The monoisotopic (exact) mass is 454 g/mol. The van der Waals surface area contributed by atoms with E-state index in [9.17, 15) is 17.9 Å². The van der Waals surface area contributed by atoms with E-state index in [4.69, 9.17) is 0 Å². The number of aromatic nitrogens is 4. The van der Waals surface area contributed by atoms with Gasteiger partial charge in [-0.25, -0.2) is 17.9 Å². The molecule has 0 aliphatic rings. The van der Waals surface area contributed by atoms with E-state index in [1.54, 1.807) is 6.07 Å². The Labute approximate surface area is 184 Å². The minimum atomic E-state index is -3.63. The fourth-order valence-corrected chi connectivity index (χ4v) is 5.14. The van der Waals surface area contributed by atoms with Crippen LogP contribution in [0, 0.1) is 5.82 Å². The Morgan fingerprint density at radius 1 is 1.03 bits per heavy atom. The summed E-state index contributed by atoms with van der Waals surface area (Å²) in [5.74, 6) is -1.14. The summed E-state index contributed by atoms with van der Waals surface area (Å²) in [5, 5.41) is 22.7. The molecule has 0 amide bonds. The van der Waals surface area contributed by atoms with Crippen molar-refractivity contribution in [2.75, 3.05) is 5.75 Å². The van der Waals surface area contributed by atoms with Crippen LogP contribution in [0.2, 0.25) is 0 Å². The lowest BCUT2D eigenvalue weighted by molar-refractivity contribution is 0.421. The summed E-state index contributed by atoms with van der Waals surface area (Å²) in [4.78, 5) is 0. The minimum Gasteiger partial charge on any atom is -0.505 e. The second-order valence-electron chi connectivity index (χ2n) is 8.13. The SMILES string of the molecule is CCCCCCCCCc1c(C(CCC)CCS(=O)(=O)c2nnn[nH]2)ccc(F)c1O. The number of unbranched alkanes of at least 4 members (excludes halogenated alkanes) is 6. The predicted molar refractivity (Wildman–Crippen MR) is 118 cm³/mol. The molecule has 174 valence electrons. The lowest BCUT2D eigenvalue weighted by atomic mass is 9.86. The van der Waals surface area contributed by atoms with Gasteiger partial charge in [-0.3, -0.25) is 0 Å². The number of benzene rings is 1. The van der Waals surface area contributed by atoms with E-state index in [1.807, 2.05) is 6.92 Å². The first-order chi connectivity index (χ1) is 14.9. The Hall–Kier alpha value is -2.03. The molecule has 31 heavy (non-hydrogen) atoms. The van der Waals surface area contributed by atoms with E-state index in [1.165, 1.54) is 31.7 Å². The van der Waals surface area contributed by atoms with E-state index in [2.05, 4.69) is 27.5 Å². The van der Waals surface area contributed by atoms with Crippen molar-refractivity contribution >= 4 is 9.84 Å². The number of nitrogens with zero attached hydrogens (tertiary/aromatic N) is 3. The Balaban J connectivity index is 2.10. The topological polar surface area (TPSA) is 109 Å². The zero-order valence-electron chi connectivity index (χ0n) is 18.6. The van der Waals surface area contributed by atoms with Gasteiger partial charge in [-0.2, -0.15) is 0 Å². The standard InChI is InChI=1S/C22H35FN4O3S/c1-3-5-6-7-8-9-10-12-19-18(13-14-20(23)21(19)28)17(11-4-2)15-16-31(29,30)22-24-26-27-25-22/h13-14,17,28H,3-12,15-16H2,1-2H3,(H,24,25,26,27). The quantitative estimate of drug-likeness (QED) is 0.363. The Bertz CT molecular complexity index is 888. The average molecular weight is 455 g/mol. The van der Waals surface area contributed by atoms with E-state index in [0.717, 1.165) is 37.7 Å². The summed E-state index contributed by atoms with van der Waals surface area (Å²) in [7, 11) is -3.63. The molecule has 1 aromatic carbocycles. The molecule has 2 N–H and O–H groups in total. The number of aromatic amines is 1. The number of phenolic OH excluding ortho intramolecular Hbond substituents is 1. The lowest BCUT2D eigenvalue weighted by Crippen LogP contribution is -2.14. The van der Waals surface area contributed by atoms with Gasteiger partial charge < -0.3 is 5.11 Å². The molecule has 0 radical (unpaired) electrons. The number of nitrogens with one attached hydrogen (secondary N) is 1. The summed E-state index contributed by atoms with van der Waals surface area (Å²) >= 11 is 0. The molecule has 0 fully saturated rings. The van der Waals surface area contributed by atoms with Crippen LogP contribution in [0.3, 0.4) is 0 Å². The number of halogens is 1. The highest BCUT2D eigenvalue weighted by molar-refractivity contribution is 7.91. The molecule has 2 rings (SSSR count). The fourth-order valence-electron chi connectivity index (χ4n) is 4.01. The van der Waals surface area contributed by atoms with Crippen LogP contribution < -0.4 is 0 Å². The summed E-state index contributed by atoms with van der Waals surface area (Å²) in [6.45, 7) is 4.22. The van der Waals surface area contributed by atoms with Crippen LogP contribution in [-0.4, -0.2) is 39.9 Å². The van der Waals surface area contributed by atoms with Crippen molar-refractivity contribution in [1.82, 2.24) is 20.6 Å². The number of phenols is 1. The summed E-state index contributed by atoms with van der Waals surface area (Å²) in [6.07, 6.45) is 10.5. The molecule has 9 heteroatoms. The summed E-state index contributed by atoms with van der Waals surface area (Å²) in [5.41, 5.74) is 1.46. The number of H-pyrrole nitrogens is 1. The van der Waals surface area contributed by atoms with Crippen molar-refractivity contribution in [1.29, 1.82) is 0 Å². The second kappa shape index (κ2) is 12.7. The van der Waals surface area contributed by atoms with E-state index < -0.39 is 15.7 Å². The smallest absolute Gasteiger partial charge is 0.265 e. The van der Waals surface area contributed by atoms with Crippen molar-refractivity contribution in [3.8, 4) is 5.75 Å². The molecule has 1 heterocycles. The molecule has 2 aromatic rings. The minimum absolute atomic E-state index is 0.0956. The number of tetrazole rings is 1. The first-order valence-corrected chi connectivity index (χ1v) is 13.0. The van der Waals surface area contributed by atoms with Crippen LogP contribution in [0.25, 0.3) is 0 Å². The van der Waals surface area contributed by atoms with Crippen molar-refractivity contribution in [2.24, 2.45) is 0 Å². The van der Waals surface area contributed by atoms with E-state index in [0.29, 0.717) is 18.4 Å². The van der Waals surface area contributed by atoms with Crippen LogP contribution in [0.4, 0.5) is 4.39 Å². The van der Waals surface area contributed by atoms with Gasteiger partial charge in [-0.05, 0) is 53.7 Å². The number of aromatic hydroxyl groups is 1. The molecule has 1 atom stereocenters. The van der Waals surface area contributed by atoms with Gasteiger partial charge in [0.25, 0.3) is 5.16 Å². The van der Waals surface area contributed by atoms with Crippen LogP contribution in [-0.2, 0) is 16.3 Å². The van der Waals surface area contributed by atoms with Gasteiger partial charge in [0.2, 0.25) is 9.84 Å². The third-order valence-corrected chi connectivity index (χ3v) is 7.27. The summed E-state index contributed by atoms with van der Waals surface area (Å²) < 4.78 is 39.1. The van der Waals surface area contributed by atoms with Crippen molar-refractivity contribution in [3.05, 3.63) is 29.1 Å². The first-order valence-electron chi connectivity index (χ1n) is 11.4. The number of sulfone groups is 1. The molecular weight excluding hydrogens is 419 g/mol. The maximum atomic E-state index is 14.1. The zero-order valence-corrected chi connectivity index (χ0v) is 19.4.